The van der Waals surface area contributed by atoms with Crippen LogP contribution in [-0.2, 0) is 0 Å². The van der Waals surface area contributed by atoms with Crippen LogP contribution in [0.15, 0.2) is 58.6 Å². The van der Waals surface area contributed by atoms with Crippen molar-refractivity contribution in [3.63, 3.8) is 0 Å². The fourth-order valence-electron chi connectivity index (χ4n) is 3.54. The summed E-state index contributed by atoms with van der Waals surface area (Å²) < 4.78 is 27.7. The smallest absolute Gasteiger partial charge is 0.266 e. The number of hydrogen-bond donors (Lipinski definition) is 0. The van der Waals surface area contributed by atoms with Crippen LogP contribution in [-0.4, -0.2) is 17.7 Å². The molecule has 1 rings (SSSR count). The maximum absolute atomic E-state index is 13.9. The minimum absolute atomic E-state index is 0.0523. The Balaban J connectivity index is 3.73. The molecule has 0 bridgehead atoms. The van der Waals surface area contributed by atoms with Crippen molar-refractivity contribution in [2.45, 2.75) is 106 Å². The molecule has 0 aliphatic heterocycles. The highest BCUT2D eigenvalue weighted by molar-refractivity contribution is 6.11. The lowest BCUT2D eigenvalue weighted by Crippen LogP contribution is -2.14. The van der Waals surface area contributed by atoms with Crippen LogP contribution >= 0.6 is 0 Å². The Labute approximate surface area is 213 Å². The maximum atomic E-state index is 13.9. The molecule has 1 nitrogen and oxygen atoms in total. The van der Waals surface area contributed by atoms with Gasteiger partial charge in [-0.1, -0.05) is 64.0 Å². The highest BCUT2D eigenvalue weighted by atomic mass is 19.3. The summed E-state index contributed by atoms with van der Waals surface area (Å²) in [7, 11) is 0. The summed E-state index contributed by atoms with van der Waals surface area (Å²) in [6, 6.07) is 6.20. The van der Waals surface area contributed by atoms with Gasteiger partial charge in [-0.25, -0.2) is 8.78 Å². The second kappa shape index (κ2) is 13.7. The Morgan fingerprint density at radius 2 is 1.71 bits per heavy atom. The third kappa shape index (κ3) is 10.1. The van der Waals surface area contributed by atoms with Crippen molar-refractivity contribution >= 4 is 17.4 Å². The third-order valence-electron chi connectivity index (χ3n) is 6.76. The summed E-state index contributed by atoms with van der Waals surface area (Å²) in [5, 5.41) is 0. The van der Waals surface area contributed by atoms with Gasteiger partial charge in [-0.3, -0.25) is 4.99 Å². The summed E-state index contributed by atoms with van der Waals surface area (Å²) in [5.41, 5.74) is 6.21. The summed E-state index contributed by atoms with van der Waals surface area (Å²) in [5.74, 6) is -2.25. The highest BCUT2D eigenvalue weighted by Gasteiger charge is 2.24. The molecule has 35 heavy (non-hydrogen) atoms. The van der Waals surface area contributed by atoms with Gasteiger partial charge < -0.3 is 0 Å². The minimum Gasteiger partial charge on any atom is -0.287 e. The molecule has 0 N–H and O–H groups in total. The molecular formula is C32H47F2N. The van der Waals surface area contributed by atoms with Gasteiger partial charge in [0.15, 0.2) is 0 Å². The topological polar surface area (TPSA) is 12.4 Å². The molecule has 1 atom stereocenters. The number of halogens is 2. The van der Waals surface area contributed by atoms with Crippen molar-refractivity contribution in [1.29, 1.82) is 0 Å². The van der Waals surface area contributed by atoms with Crippen molar-refractivity contribution in [3.8, 4) is 0 Å². The van der Waals surface area contributed by atoms with E-state index in [1.807, 2.05) is 25.3 Å². The van der Waals surface area contributed by atoms with Gasteiger partial charge in [-0.05, 0) is 106 Å². The van der Waals surface area contributed by atoms with E-state index in [4.69, 9.17) is 4.99 Å². The van der Waals surface area contributed by atoms with Crippen LogP contribution in [0.5, 0.6) is 0 Å². The zero-order chi connectivity index (χ0) is 26.8. The number of aryl methyl sites for hydroxylation is 1. The first-order valence-electron chi connectivity index (χ1n) is 13.1. The normalized spacial score (nSPS) is 15.8. The number of allylic oxidation sites excluding steroid dienone is 8. The van der Waals surface area contributed by atoms with Crippen LogP contribution in [0.2, 0.25) is 0 Å². The molecule has 0 heterocycles. The summed E-state index contributed by atoms with van der Waals surface area (Å²) >= 11 is 0. The lowest BCUT2D eigenvalue weighted by molar-refractivity contribution is 0.0636. The highest BCUT2D eigenvalue weighted by Crippen LogP contribution is 2.30. The van der Waals surface area contributed by atoms with Gasteiger partial charge in [0.1, 0.15) is 0 Å². The van der Waals surface area contributed by atoms with Crippen molar-refractivity contribution in [2.75, 3.05) is 0 Å². The van der Waals surface area contributed by atoms with E-state index in [0.29, 0.717) is 5.92 Å². The molecule has 0 aliphatic rings. The van der Waals surface area contributed by atoms with E-state index in [-0.39, 0.29) is 11.1 Å². The fraction of sp³-hybridized carbons (Fsp3) is 0.531. The zero-order valence-electron chi connectivity index (χ0n) is 23.7. The summed E-state index contributed by atoms with van der Waals surface area (Å²) in [6.07, 6.45) is 14.1. The maximum Gasteiger partial charge on any atom is 0.266 e. The largest absolute Gasteiger partial charge is 0.287 e. The fourth-order valence-corrected chi connectivity index (χ4v) is 3.54. The molecule has 0 amide bonds. The van der Waals surface area contributed by atoms with E-state index < -0.39 is 5.92 Å². The predicted molar refractivity (Wildman–Crippen MR) is 152 cm³/mol. The molecule has 0 saturated heterocycles. The Morgan fingerprint density at radius 1 is 1.06 bits per heavy atom. The van der Waals surface area contributed by atoms with Crippen LogP contribution in [0.25, 0.3) is 11.1 Å². The summed E-state index contributed by atoms with van der Waals surface area (Å²) in [6.45, 7) is 19.5. The van der Waals surface area contributed by atoms with Crippen molar-refractivity contribution < 1.29 is 8.78 Å². The molecule has 194 valence electrons. The molecule has 0 radical (unpaired) electrons. The average Bonchev–Trinajstić information content (AvgIpc) is 2.79. The molecule has 1 aromatic rings. The second-order valence-corrected chi connectivity index (χ2v) is 10.4. The van der Waals surface area contributed by atoms with Crippen LogP contribution in [0.3, 0.4) is 0 Å². The van der Waals surface area contributed by atoms with Gasteiger partial charge in [0.05, 0.1) is 5.54 Å². The third-order valence-corrected chi connectivity index (χ3v) is 6.76. The molecule has 0 fully saturated rings. The lowest BCUT2D eigenvalue weighted by Gasteiger charge is -2.18. The number of benzene rings is 1. The zero-order valence-corrected chi connectivity index (χ0v) is 23.7. The van der Waals surface area contributed by atoms with Crippen LogP contribution < -0.4 is 0 Å². The molecule has 0 aromatic heterocycles. The van der Waals surface area contributed by atoms with Crippen molar-refractivity contribution in [2.24, 2.45) is 10.9 Å². The number of nitrogens with zero attached hydrogens (tertiary/aromatic N) is 1. The van der Waals surface area contributed by atoms with E-state index in [1.54, 1.807) is 6.08 Å². The van der Waals surface area contributed by atoms with Crippen LogP contribution in [0, 0.1) is 12.8 Å². The number of rotatable bonds is 12. The van der Waals surface area contributed by atoms with E-state index in [2.05, 4.69) is 72.8 Å². The Hall–Kier alpha value is -2.29. The van der Waals surface area contributed by atoms with E-state index in [9.17, 15) is 8.78 Å². The van der Waals surface area contributed by atoms with Gasteiger partial charge in [0.2, 0.25) is 0 Å². The Bertz CT molecular complexity index is 981. The molecule has 0 spiro atoms. The van der Waals surface area contributed by atoms with Crippen molar-refractivity contribution in [1.82, 2.24) is 0 Å². The molecule has 1 aromatic carbocycles. The van der Waals surface area contributed by atoms with Gasteiger partial charge in [0, 0.05) is 18.7 Å². The number of hydrogen-bond acceptors (Lipinski definition) is 1. The van der Waals surface area contributed by atoms with Gasteiger partial charge in [-0.2, -0.15) is 0 Å². The predicted octanol–water partition coefficient (Wildman–Crippen LogP) is 10.4. The minimum atomic E-state index is -2.85. The molecule has 0 saturated carbocycles. The van der Waals surface area contributed by atoms with Gasteiger partial charge >= 0.3 is 0 Å². The van der Waals surface area contributed by atoms with E-state index >= 15 is 0 Å². The molecule has 1 unspecified atom stereocenters. The first-order valence-corrected chi connectivity index (χ1v) is 13.1. The van der Waals surface area contributed by atoms with Crippen molar-refractivity contribution in [3.05, 3.63) is 70.3 Å². The van der Waals surface area contributed by atoms with Crippen LogP contribution in [0.1, 0.15) is 105 Å². The SMILES string of the molecule is C/C=C(\C=C(/C)C(C)(F)F)c1ccc(C)c(C(/C=N\C(C)(C)CC)=C/C(=C/CC)CC(C)CC)c1. The average molecular weight is 484 g/mol. The summed E-state index contributed by atoms with van der Waals surface area (Å²) in [4.78, 5) is 4.93. The number of aliphatic imine (C=N–C) groups is 1. The quantitative estimate of drug-likeness (QED) is 0.207. The van der Waals surface area contributed by atoms with E-state index in [0.717, 1.165) is 60.4 Å². The standard InChI is InChI=1S/C32H47F2N/c1-11-15-26(18-23(5)12-2)20-29(22-35-31(8,9)14-4)30-21-28(17-16-24(30)6)27(13-3)19-25(7)32(10,33)34/h13,15-17,19-23H,11-12,14,18H2,1-10H3/b25-19+,26-15+,27-13+,29-20+,35-22-. The number of alkyl halides is 2. The Morgan fingerprint density at radius 3 is 2.23 bits per heavy atom. The van der Waals surface area contributed by atoms with Crippen LogP contribution in [0.4, 0.5) is 8.78 Å². The monoisotopic (exact) mass is 483 g/mol. The Kier molecular flexibility index (Phi) is 12.0. The molecular weight excluding hydrogens is 436 g/mol. The molecule has 3 heteroatoms. The van der Waals surface area contributed by atoms with Gasteiger partial charge in [-0.15, -0.1) is 0 Å². The first-order chi connectivity index (χ1) is 16.3. The van der Waals surface area contributed by atoms with Gasteiger partial charge in [0.25, 0.3) is 5.92 Å². The first kappa shape index (κ1) is 30.7. The van der Waals surface area contributed by atoms with E-state index in [1.165, 1.54) is 12.5 Å². The second-order valence-electron chi connectivity index (χ2n) is 10.4. The lowest BCUT2D eigenvalue weighted by atomic mass is 9.91. The molecule has 0 aliphatic carbocycles.